The lowest BCUT2D eigenvalue weighted by Gasteiger charge is -2.28. The molecule has 0 spiro atoms. The van der Waals surface area contributed by atoms with Crippen LogP contribution in [-0.2, 0) is 21.2 Å². The second kappa shape index (κ2) is 9.06. The molecule has 7 nitrogen and oxygen atoms in total. The molecule has 2 aromatic rings. The molecule has 166 valence electrons. The summed E-state index contributed by atoms with van der Waals surface area (Å²) in [4.78, 5) is 15.1. The third-order valence-corrected chi connectivity index (χ3v) is 7.09. The lowest BCUT2D eigenvalue weighted by molar-refractivity contribution is -0.118. The maximum absolute atomic E-state index is 12.9. The monoisotopic (exact) mass is 464 g/mol. The van der Waals surface area contributed by atoms with Crippen LogP contribution in [0.5, 0.6) is 11.5 Å². The van der Waals surface area contributed by atoms with Crippen molar-refractivity contribution in [1.82, 2.24) is 4.90 Å². The molecule has 0 bridgehead atoms. The molecule has 9 heteroatoms. The molecule has 4 rings (SSSR count). The first kappa shape index (κ1) is 21.9. The number of hydrogen-bond donors (Lipinski definition) is 1. The predicted octanol–water partition coefficient (Wildman–Crippen LogP) is 3.86. The third-order valence-electron chi connectivity index (χ3n) is 5.65. The normalized spacial score (nSPS) is 16.1. The van der Waals surface area contributed by atoms with Crippen molar-refractivity contribution in [3.63, 3.8) is 0 Å². The Balaban J connectivity index is 1.49. The van der Waals surface area contributed by atoms with Gasteiger partial charge in [0.1, 0.15) is 0 Å². The smallest absolute Gasteiger partial charge is 0.238 e. The second-order valence-electron chi connectivity index (χ2n) is 7.99. The van der Waals surface area contributed by atoms with Crippen LogP contribution in [0.1, 0.15) is 31.2 Å². The maximum atomic E-state index is 12.9. The van der Waals surface area contributed by atoms with Gasteiger partial charge in [-0.3, -0.25) is 9.69 Å². The summed E-state index contributed by atoms with van der Waals surface area (Å²) < 4.78 is 34.5. The number of nitrogens with one attached hydrogen (secondary N) is 1. The molecule has 1 N–H and O–H groups in total. The number of rotatable bonds is 7. The van der Waals surface area contributed by atoms with E-state index in [4.69, 9.17) is 21.1 Å². The van der Waals surface area contributed by atoms with Crippen LogP contribution in [0.15, 0.2) is 41.3 Å². The highest BCUT2D eigenvalue weighted by Crippen LogP contribution is 2.34. The van der Waals surface area contributed by atoms with Crippen LogP contribution in [0, 0.1) is 0 Å². The zero-order valence-electron chi connectivity index (χ0n) is 17.3. The average molecular weight is 465 g/mol. The Hall–Kier alpha value is -2.29. The van der Waals surface area contributed by atoms with Crippen LogP contribution in [0.2, 0.25) is 5.02 Å². The van der Waals surface area contributed by atoms with Gasteiger partial charge in [0.2, 0.25) is 12.7 Å². The number of carbonyl (C=O) groups excluding carboxylic acids is 1. The molecule has 1 aliphatic heterocycles. The Morgan fingerprint density at radius 2 is 1.87 bits per heavy atom. The number of ether oxygens (including phenoxy) is 2. The zero-order valence-corrected chi connectivity index (χ0v) is 18.8. The Morgan fingerprint density at radius 1 is 1.13 bits per heavy atom. The van der Waals surface area contributed by atoms with E-state index in [1.165, 1.54) is 18.2 Å². The summed E-state index contributed by atoms with van der Waals surface area (Å²) in [7, 11) is -3.40. The Labute approximate surface area is 187 Å². The second-order valence-corrected chi connectivity index (χ2v) is 10.4. The summed E-state index contributed by atoms with van der Waals surface area (Å²) in [5.41, 5.74) is 1.34. The van der Waals surface area contributed by atoms with Gasteiger partial charge in [0.15, 0.2) is 21.3 Å². The molecule has 31 heavy (non-hydrogen) atoms. The summed E-state index contributed by atoms with van der Waals surface area (Å²) in [5.74, 6) is 1.21. The fourth-order valence-electron chi connectivity index (χ4n) is 4.06. The molecule has 1 heterocycles. The van der Waals surface area contributed by atoms with E-state index in [1.807, 2.05) is 18.2 Å². The highest BCUT2D eigenvalue weighted by Gasteiger charge is 2.26. The molecule has 1 amide bonds. The number of carbonyl (C=O) groups is 1. The summed E-state index contributed by atoms with van der Waals surface area (Å²) in [6.45, 7) is 1.01. The molecule has 0 atom stereocenters. The fourth-order valence-corrected chi connectivity index (χ4v) is 4.87. The molecule has 0 saturated heterocycles. The van der Waals surface area contributed by atoms with Crippen molar-refractivity contribution in [2.45, 2.75) is 43.2 Å². The first-order valence-corrected chi connectivity index (χ1v) is 12.5. The van der Waals surface area contributed by atoms with E-state index < -0.39 is 9.84 Å². The van der Waals surface area contributed by atoms with Gasteiger partial charge in [0, 0.05) is 18.8 Å². The number of benzene rings is 2. The van der Waals surface area contributed by atoms with Gasteiger partial charge < -0.3 is 14.8 Å². The minimum absolute atomic E-state index is 0.111. The van der Waals surface area contributed by atoms with Gasteiger partial charge in [-0.05, 0) is 48.7 Å². The number of fused-ring (bicyclic) bond motifs is 1. The zero-order chi connectivity index (χ0) is 22.0. The molecule has 0 radical (unpaired) electrons. The number of hydrogen-bond acceptors (Lipinski definition) is 6. The molecule has 2 aromatic carbocycles. The average Bonchev–Trinajstić information content (AvgIpc) is 3.39. The van der Waals surface area contributed by atoms with E-state index in [1.54, 1.807) is 0 Å². The van der Waals surface area contributed by atoms with Crippen molar-refractivity contribution in [2.75, 3.05) is 24.9 Å². The minimum atomic E-state index is -3.40. The topological polar surface area (TPSA) is 84.9 Å². The van der Waals surface area contributed by atoms with Crippen LogP contribution < -0.4 is 14.8 Å². The van der Waals surface area contributed by atoms with Crippen LogP contribution >= 0.6 is 11.6 Å². The summed E-state index contributed by atoms with van der Waals surface area (Å²) in [6.07, 6.45) is 5.50. The number of anilines is 1. The van der Waals surface area contributed by atoms with E-state index in [0.29, 0.717) is 23.3 Å². The van der Waals surface area contributed by atoms with E-state index in [0.717, 1.165) is 49.0 Å². The summed E-state index contributed by atoms with van der Waals surface area (Å²) in [5, 5.41) is 3.08. The van der Waals surface area contributed by atoms with Crippen molar-refractivity contribution >= 4 is 33.0 Å². The quantitative estimate of drug-likeness (QED) is 0.669. The highest BCUT2D eigenvalue weighted by molar-refractivity contribution is 7.90. The van der Waals surface area contributed by atoms with Crippen molar-refractivity contribution < 1.29 is 22.7 Å². The molecule has 1 saturated carbocycles. The van der Waals surface area contributed by atoms with Gasteiger partial charge in [0.05, 0.1) is 22.2 Å². The van der Waals surface area contributed by atoms with Crippen LogP contribution in [-0.4, -0.2) is 44.9 Å². The standard InChI is InChI=1S/C22H25ClN2O5S/c1-31(27,28)17-7-8-18(23)19(11-17)24-22(26)13-25(16-4-2-3-5-16)12-15-6-9-20-21(10-15)30-14-29-20/h6-11,16H,2-5,12-14H2,1H3,(H,24,26). The molecule has 1 fully saturated rings. The molecular formula is C22H25ClN2O5S. The van der Waals surface area contributed by atoms with Crippen LogP contribution in [0.4, 0.5) is 5.69 Å². The molecule has 2 aliphatic rings. The largest absolute Gasteiger partial charge is 0.454 e. The van der Waals surface area contributed by atoms with Crippen molar-refractivity contribution in [1.29, 1.82) is 0 Å². The van der Waals surface area contributed by atoms with Crippen LogP contribution in [0.3, 0.4) is 0 Å². The Kier molecular flexibility index (Phi) is 6.41. The third kappa shape index (κ3) is 5.31. The first-order valence-electron chi connectivity index (χ1n) is 10.2. The highest BCUT2D eigenvalue weighted by atomic mass is 35.5. The van der Waals surface area contributed by atoms with Crippen LogP contribution in [0.25, 0.3) is 0 Å². The number of nitrogens with zero attached hydrogens (tertiary/aromatic N) is 1. The fraction of sp³-hybridized carbons (Fsp3) is 0.409. The number of amides is 1. The van der Waals surface area contributed by atoms with Crippen molar-refractivity contribution in [3.05, 3.63) is 47.0 Å². The van der Waals surface area contributed by atoms with Gasteiger partial charge in [-0.25, -0.2) is 8.42 Å². The van der Waals surface area contributed by atoms with E-state index in [9.17, 15) is 13.2 Å². The SMILES string of the molecule is CS(=O)(=O)c1ccc(Cl)c(NC(=O)CN(Cc2ccc3c(c2)OCO3)C2CCCC2)c1. The molecule has 0 aromatic heterocycles. The predicted molar refractivity (Wildman–Crippen MR) is 118 cm³/mol. The Bertz CT molecular complexity index is 1080. The van der Waals surface area contributed by atoms with Gasteiger partial charge in [-0.15, -0.1) is 0 Å². The number of sulfone groups is 1. The number of halogens is 1. The molecule has 1 aliphatic carbocycles. The van der Waals surface area contributed by atoms with Crippen molar-refractivity contribution in [2.24, 2.45) is 0 Å². The summed E-state index contributed by atoms with van der Waals surface area (Å²) in [6, 6.07) is 10.4. The van der Waals surface area contributed by atoms with E-state index >= 15 is 0 Å². The van der Waals surface area contributed by atoms with Gasteiger partial charge in [-0.1, -0.05) is 30.5 Å². The van der Waals surface area contributed by atoms with E-state index in [-0.39, 0.29) is 24.1 Å². The minimum Gasteiger partial charge on any atom is -0.454 e. The first-order chi connectivity index (χ1) is 14.8. The van der Waals surface area contributed by atoms with E-state index in [2.05, 4.69) is 10.2 Å². The van der Waals surface area contributed by atoms with Gasteiger partial charge in [-0.2, -0.15) is 0 Å². The summed E-state index contributed by atoms with van der Waals surface area (Å²) >= 11 is 6.19. The van der Waals surface area contributed by atoms with Crippen molar-refractivity contribution in [3.8, 4) is 11.5 Å². The molecular weight excluding hydrogens is 440 g/mol. The van der Waals surface area contributed by atoms with Gasteiger partial charge in [0.25, 0.3) is 0 Å². The lowest BCUT2D eigenvalue weighted by atomic mass is 10.1. The lowest BCUT2D eigenvalue weighted by Crippen LogP contribution is -2.39. The molecule has 0 unspecified atom stereocenters. The van der Waals surface area contributed by atoms with Gasteiger partial charge >= 0.3 is 0 Å². The maximum Gasteiger partial charge on any atom is 0.238 e. The Morgan fingerprint density at radius 3 is 2.61 bits per heavy atom.